The standard InChI is InChI=1S/C12H16O3/c1-10(8-13)12(15-9-14-2)11-6-4-3-5-7-11/h3-8,10,12H,9H2,1-2H3/t10-,12+/m1/s1. The number of methoxy groups -OCH3 is 1. The second kappa shape index (κ2) is 6.32. The summed E-state index contributed by atoms with van der Waals surface area (Å²) in [5.41, 5.74) is 0.995. The summed E-state index contributed by atoms with van der Waals surface area (Å²) in [5.74, 6) is -0.178. The van der Waals surface area contributed by atoms with Gasteiger partial charge >= 0.3 is 0 Å². The number of hydrogen-bond donors (Lipinski definition) is 0. The maximum Gasteiger partial charge on any atom is 0.147 e. The van der Waals surface area contributed by atoms with E-state index in [0.717, 1.165) is 11.8 Å². The van der Waals surface area contributed by atoms with E-state index in [1.165, 1.54) is 0 Å². The number of rotatable bonds is 6. The molecule has 0 bridgehead atoms. The Morgan fingerprint density at radius 3 is 2.53 bits per heavy atom. The molecule has 0 radical (unpaired) electrons. The SMILES string of the molecule is COCO[C@H](c1ccccc1)[C@H](C)C=O. The zero-order chi connectivity index (χ0) is 11.1. The van der Waals surface area contributed by atoms with Gasteiger partial charge in [-0.1, -0.05) is 37.3 Å². The predicted molar refractivity (Wildman–Crippen MR) is 57.4 cm³/mol. The van der Waals surface area contributed by atoms with Crippen LogP contribution in [0, 0.1) is 5.92 Å². The molecule has 0 amide bonds. The second-order valence-corrected chi connectivity index (χ2v) is 3.40. The summed E-state index contributed by atoms with van der Waals surface area (Å²) in [7, 11) is 1.56. The van der Waals surface area contributed by atoms with E-state index in [0.29, 0.717) is 0 Å². The Bertz CT molecular complexity index is 284. The predicted octanol–water partition coefficient (Wildman–Crippen LogP) is 2.18. The van der Waals surface area contributed by atoms with Crippen LogP contribution in [0.25, 0.3) is 0 Å². The van der Waals surface area contributed by atoms with E-state index >= 15 is 0 Å². The summed E-state index contributed by atoms with van der Waals surface area (Å²) in [6.07, 6.45) is 0.663. The molecule has 15 heavy (non-hydrogen) atoms. The van der Waals surface area contributed by atoms with Gasteiger partial charge < -0.3 is 14.3 Å². The molecule has 0 fully saturated rings. The summed E-state index contributed by atoms with van der Waals surface area (Å²) in [6, 6.07) is 9.68. The molecule has 1 rings (SSSR count). The molecule has 0 heterocycles. The largest absolute Gasteiger partial charge is 0.359 e. The molecule has 82 valence electrons. The van der Waals surface area contributed by atoms with E-state index in [1.807, 2.05) is 37.3 Å². The molecule has 3 nitrogen and oxygen atoms in total. The van der Waals surface area contributed by atoms with Crippen molar-refractivity contribution in [2.45, 2.75) is 13.0 Å². The van der Waals surface area contributed by atoms with E-state index in [1.54, 1.807) is 7.11 Å². The van der Waals surface area contributed by atoms with Gasteiger partial charge in [0.15, 0.2) is 0 Å². The Morgan fingerprint density at radius 2 is 2.00 bits per heavy atom. The summed E-state index contributed by atoms with van der Waals surface area (Å²) in [6.45, 7) is 2.03. The lowest BCUT2D eigenvalue weighted by Crippen LogP contribution is -2.16. The van der Waals surface area contributed by atoms with Crippen molar-refractivity contribution < 1.29 is 14.3 Å². The molecular formula is C12H16O3. The Kier molecular flexibility index (Phi) is 5.01. The van der Waals surface area contributed by atoms with E-state index in [9.17, 15) is 4.79 Å². The lowest BCUT2D eigenvalue weighted by atomic mass is 9.99. The molecule has 0 saturated heterocycles. The Morgan fingerprint density at radius 1 is 1.33 bits per heavy atom. The Labute approximate surface area is 90.0 Å². The van der Waals surface area contributed by atoms with Crippen LogP contribution in [-0.4, -0.2) is 20.2 Å². The number of hydrogen-bond acceptors (Lipinski definition) is 3. The zero-order valence-corrected chi connectivity index (χ0v) is 9.05. The lowest BCUT2D eigenvalue weighted by molar-refractivity contribution is -0.123. The van der Waals surface area contributed by atoms with Gasteiger partial charge in [0, 0.05) is 13.0 Å². The van der Waals surface area contributed by atoms with Gasteiger partial charge in [0.1, 0.15) is 13.1 Å². The van der Waals surface area contributed by atoms with Crippen molar-refractivity contribution in [1.29, 1.82) is 0 Å². The van der Waals surface area contributed by atoms with E-state index in [-0.39, 0.29) is 18.8 Å². The highest BCUT2D eigenvalue weighted by atomic mass is 16.7. The second-order valence-electron chi connectivity index (χ2n) is 3.40. The van der Waals surface area contributed by atoms with Crippen molar-refractivity contribution >= 4 is 6.29 Å². The third-order valence-electron chi connectivity index (χ3n) is 2.19. The minimum atomic E-state index is -0.233. The van der Waals surface area contributed by atoms with Gasteiger partial charge in [0.25, 0.3) is 0 Å². The summed E-state index contributed by atoms with van der Waals surface area (Å²) >= 11 is 0. The van der Waals surface area contributed by atoms with Crippen LogP contribution >= 0.6 is 0 Å². The van der Waals surface area contributed by atoms with Gasteiger partial charge in [0.05, 0.1) is 6.10 Å². The number of aldehydes is 1. The smallest absolute Gasteiger partial charge is 0.147 e. The first kappa shape index (κ1) is 11.9. The third kappa shape index (κ3) is 3.46. The summed E-state index contributed by atoms with van der Waals surface area (Å²) < 4.78 is 10.3. The van der Waals surface area contributed by atoms with Gasteiger partial charge in [0.2, 0.25) is 0 Å². The average molecular weight is 208 g/mol. The fourth-order valence-electron chi connectivity index (χ4n) is 1.41. The van der Waals surface area contributed by atoms with Crippen LogP contribution < -0.4 is 0 Å². The number of ether oxygens (including phenoxy) is 2. The first-order valence-electron chi connectivity index (χ1n) is 4.90. The van der Waals surface area contributed by atoms with E-state index in [4.69, 9.17) is 9.47 Å². The van der Waals surface area contributed by atoms with Crippen molar-refractivity contribution in [3.63, 3.8) is 0 Å². The highest BCUT2D eigenvalue weighted by Crippen LogP contribution is 2.24. The van der Waals surface area contributed by atoms with Gasteiger partial charge in [-0.3, -0.25) is 0 Å². The molecule has 3 heteroatoms. The fraction of sp³-hybridized carbons (Fsp3) is 0.417. The van der Waals surface area contributed by atoms with Gasteiger partial charge in [-0.25, -0.2) is 0 Å². The molecule has 0 N–H and O–H groups in total. The zero-order valence-electron chi connectivity index (χ0n) is 9.05. The lowest BCUT2D eigenvalue weighted by Gasteiger charge is -2.20. The fourth-order valence-corrected chi connectivity index (χ4v) is 1.41. The quantitative estimate of drug-likeness (QED) is 0.531. The van der Waals surface area contributed by atoms with Gasteiger partial charge in [-0.15, -0.1) is 0 Å². The molecular weight excluding hydrogens is 192 g/mol. The number of carbonyl (C=O) groups excluding carboxylic acids is 1. The van der Waals surface area contributed by atoms with Gasteiger partial charge in [-0.05, 0) is 5.56 Å². The molecule has 0 aliphatic rings. The summed E-state index contributed by atoms with van der Waals surface area (Å²) in [4.78, 5) is 10.8. The van der Waals surface area contributed by atoms with E-state index < -0.39 is 0 Å². The minimum Gasteiger partial charge on any atom is -0.359 e. The molecule has 0 unspecified atom stereocenters. The Balaban J connectivity index is 2.76. The van der Waals surface area contributed by atoms with Crippen LogP contribution in [0.5, 0.6) is 0 Å². The van der Waals surface area contributed by atoms with Crippen molar-refractivity contribution in [2.24, 2.45) is 5.92 Å². The molecule has 0 aromatic heterocycles. The molecule has 1 aromatic rings. The molecule has 2 atom stereocenters. The van der Waals surface area contributed by atoms with Gasteiger partial charge in [-0.2, -0.15) is 0 Å². The first-order chi connectivity index (χ1) is 7.29. The van der Waals surface area contributed by atoms with E-state index in [2.05, 4.69) is 0 Å². The molecule has 0 aliphatic heterocycles. The van der Waals surface area contributed by atoms with Crippen LogP contribution in [0.1, 0.15) is 18.6 Å². The maximum absolute atomic E-state index is 10.8. The van der Waals surface area contributed by atoms with Crippen LogP contribution in [0.3, 0.4) is 0 Å². The van der Waals surface area contributed by atoms with Crippen LogP contribution in [0.15, 0.2) is 30.3 Å². The molecule has 0 saturated carbocycles. The van der Waals surface area contributed by atoms with Crippen LogP contribution in [-0.2, 0) is 14.3 Å². The van der Waals surface area contributed by atoms with Crippen molar-refractivity contribution in [3.05, 3.63) is 35.9 Å². The minimum absolute atomic E-state index is 0.178. The van der Waals surface area contributed by atoms with Crippen LogP contribution in [0.4, 0.5) is 0 Å². The Hall–Kier alpha value is -1.19. The monoisotopic (exact) mass is 208 g/mol. The van der Waals surface area contributed by atoms with Crippen molar-refractivity contribution in [1.82, 2.24) is 0 Å². The normalized spacial score (nSPS) is 14.5. The topological polar surface area (TPSA) is 35.5 Å². The molecule has 0 spiro atoms. The number of carbonyl (C=O) groups is 1. The highest BCUT2D eigenvalue weighted by Gasteiger charge is 2.19. The summed E-state index contributed by atoms with van der Waals surface area (Å²) in [5, 5.41) is 0. The maximum atomic E-state index is 10.8. The third-order valence-corrected chi connectivity index (χ3v) is 2.19. The molecule has 1 aromatic carbocycles. The molecule has 0 aliphatic carbocycles. The van der Waals surface area contributed by atoms with Crippen LogP contribution in [0.2, 0.25) is 0 Å². The average Bonchev–Trinajstić information content (AvgIpc) is 2.30. The first-order valence-corrected chi connectivity index (χ1v) is 4.90. The number of benzene rings is 1. The highest BCUT2D eigenvalue weighted by molar-refractivity contribution is 5.54. The van der Waals surface area contributed by atoms with Crippen molar-refractivity contribution in [3.8, 4) is 0 Å². The van der Waals surface area contributed by atoms with Crippen molar-refractivity contribution in [2.75, 3.05) is 13.9 Å².